The third kappa shape index (κ3) is 2.08. The van der Waals surface area contributed by atoms with Crippen molar-refractivity contribution in [2.45, 2.75) is 0 Å². The Kier molecular flexibility index (Phi) is 2.97. The summed E-state index contributed by atoms with van der Waals surface area (Å²) in [5, 5.41) is 8.65. The number of hydrogen-bond acceptors (Lipinski definition) is 2. The third-order valence-electron chi connectivity index (χ3n) is 2.11. The molecule has 0 atom stereocenters. The summed E-state index contributed by atoms with van der Waals surface area (Å²) in [4.78, 5) is 10.6. The SMILES string of the molecule is O=C(O)c1ccc(-c2c(F)ccc(Br)c2F)o1. The van der Waals surface area contributed by atoms with Gasteiger partial charge in [0.1, 0.15) is 11.6 Å². The molecule has 88 valence electrons. The van der Waals surface area contributed by atoms with E-state index in [9.17, 15) is 13.6 Å². The van der Waals surface area contributed by atoms with E-state index in [4.69, 9.17) is 9.52 Å². The van der Waals surface area contributed by atoms with Crippen molar-refractivity contribution in [2.24, 2.45) is 0 Å². The van der Waals surface area contributed by atoms with Gasteiger partial charge in [0.15, 0.2) is 5.82 Å². The topological polar surface area (TPSA) is 50.4 Å². The molecule has 0 saturated carbocycles. The fourth-order valence-electron chi connectivity index (χ4n) is 1.34. The average Bonchev–Trinajstić information content (AvgIpc) is 2.73. The zero-order chi connectivity index (χ0) is 12.6. The molecule has 1 aromatic heterocycles. The first-order valence-corrected chi connectivity index (χ1v) is 5.27. The van der Waals surface area contributed by atoms with Crippen LogP contribution in [0, 0.1) is 11.6 Å². The van der Waals surface area contributed by atoms with E-state index in [-0.39, 0.29) is 16.0 Å². The van der Waals surface area contributed by atoms with E-state index >= 15 is 0 Å². The van der Waals surface area contributed by atoms with Gasteiger partial charge >= 0.3 is 5.97 Å². The fourth-order valence-corrected chi connectivity index (χ4v) is 1.67. The maximum Gasteiger partial charge on any atom is 0.371 e. The first-order valence-electron chi connectivity index (χ1n) is 4.47. The van der Waals surface area contributed by atoms with E-state index in [2.05, 4.69) is 15.9 Å². The van der Waals surface area contributed by atoms with Crippen LogP contribution in [0.5, 0.6) is 0 Å². The molecule has 2 aromatic rings. The molecule has 0 spiro atoms. The molecule has 17 heavy (non-hydrogen) atoms. The largest absolute Gasteiger partial charge is 0.475 e. The molecular weight excluding hydrogens is 298 g/mol. The predicted molar refractivity (Wildman–Crippen MR) is 58.7 cm³/mol. The molecule has 0 fully saturated rings. The molecule has 0 radical (unpaired) electrons. The van der Waals surface area contributed by atoms with Crippen LogP contribution in [0.25, 0.3) is 11.3 Å². The van der Waals surface area contributed by atoms with Gasteiger partial charge in [0, 0.05) is 0 Å². The minimum atomic E-state index is -1.30. The van der Waals surface area contributed by atoms with Crippen LogP contribution < -0.4 is 0 Å². The van der Waals surface area contributed by atoms with Gasteiger partial charge in [-0.25, -0.2) is 13.6 Å². The highest BCUT2D eigenvalue weighted by Gasteiger charge is 2.19. The lowest BCUT2D eigenvalue weighted by Gasteiger charge is -2.03. The molecule has 3 nitrogen and oxygen atoms in total. The summed E-state index contributed by atoms with van der Waals surface area (Å²) in [6, 6.07) is 4.62. The lowest BCUT2D eigenvalue weighted by atomic mass is 10.1. The molecule has 6 heteroatoms. The Morgan fingerprint density at radius 3 is 2.53 bits per heavy atom. The molecule has 0 aliphatic carbocycles. The number of rotatable bonds is 2. The van der Waals surface area contributed by atoms with E-state index in [1.807, 2.05) is 0 Å². The second kappa shape index (κ2) is 4.29. The normalized spacial score (nSPS) is 10.5. The molecular formula is C11H5BrF2O3. The van der Waals surface area contributed by atoms with Crippen LogP contribution in [0.3, 0.4) is 0 Å². The van der Waals surface area contributed by atoms with E-state index in [0.717, 1.165) is 12.1 Å². The predicted octanol–water partition coefficient (Wildman–Crippen LogP) is 3.69. The highest BCUT2D eigenvalue weighted by Crippen LogP contribution is 2.31. The monoisotopic (exact) mass is 302 g/mol. The van der Waals surface area contributed by atoms with Gasteiger partial charge in [-0.1, -0.05) is 0 Å². The number of furan rings is 1. The Morgan fingerprint density at radius 1 is 1.24 bits per heavy atom. The van der Waals surface area contributed by atoms with E-state index < -0.39 is 23.2 Å². The number of benzene rings is 1. The Balaban J connectivity index is 2.60. The Bertz CT molecular complexity index is 592. The van der Waals surface area contributed by atoms with Gasteiger partial charge in [-0.3, -0.25) is 0 Å². The summed E-state index contributed by atoms with van der Waals surface area (Å²) in [6.07, 6.45) is 0. The smallest absolute Gasteiger partial charge is 0.371 e. The number of carbonyl (C=O) groups is 1. The van der Waals surface area contributed by atoms with Crippen LogP contribution in [0.4, 0.5) is 8.78 Å². The first kappa shape index (κ1) is 11.8. The summed E-state index contributed by atoms with van der Waals surface area (Å²) in [6.45, 7) is 0. The Hall–Kier alpha value is -1.69. The highest BCUT2D eigenvalue weighted by atomic mass is 79.9. The molecule has 0 unspecified atom stereocenters. The van der Waals surface area contributed by atoms with Gasteiger partial charge in [-0.2, -0.15) is 0 Å². The summed E-state index contributed by atoms with van der Waals surface area (Å²) in [5.41, 5.74) is -0.396. The standard InChI is InChI=1S/C11H5BrF2O3/c12-5-1-2-6(13)9(10(5)14)7-3-4-8(17-7)11(15)16/h1-4H,(H,15,16). The van der Waals surface area contributed by atoms with Gasteiger partial charge < -0.3 is 9.52 Å². The molecule has 1 heterocycles. The molecule has 0 bridgehead atoms. The molecule has 0 aliphatic rings. The van der Waals surface area contributed by atoms with Gasteiger partial charge in [0.05, 0.1) is 10.0 Å². The van der Waals surface area contributed by atoms with Gasteiger partial charge in [-0.05, 0) is 40.2 Å². The molecule has 1 aromatic carbocycles. The van der Waals surface area contributed by atoms with Crippen molar-refractivity contribution in [1.82, 2.24) is 0 Å². The van der Waals surface area contributed by atoms with Crippen molar-refractivity contribution < 1.29 is 23.1 Å². The zero-order valence-electron chi connectivity index (χ0n) is 8.21. The van der Waals surface area contributed by atoms with E-state index in [0.29, 0.717) is 0 Å². The van der Waals surface area contributed by atoms with Gasteiger partial charge in [-0.15, -0.1) is 0 Å². The number of halogens is 3. The zero-order valence-corrected chi connectivity index (χ0v) is 9.79. The number of hydrogen-bond donors (Lipinski definition) is 1. The second-order valence-electron chi connectivity index (χ2n) is 3.19. The van der Waals surface area contributed by atoms with E-state index in [1.165, 1.54) is 12.1 Å². The summed E-state index contributed by atoms with van der Waals surface area (Å²) >= 11 is 2.91. The number of carboxylic acid groups (broad SMARTS) is 1. The number of carboxylic acids is 1. The van der Waals surface area contributed by atoms with Crippen molar-refractivity contribution in [2.75, 3.05) is 0 Å². The second-order valence-corrected chi connectivity index (χ2v) is 4.04. The maximum absolute atomic E-state index is 13.7. The quantitative estimate of drug-likeness (QED) is 0.861. The van der Waals surface area contributed by atoms with Crippen LogP contribution in [0.1, 0.15) is 10.6 Å². The molecule has 0 amide bonds. The number of aromatic carboxylic acids is 1. The van der Waals surface area contributed by atoms with Crippen LogP contribution in [-0.4, -0.2) is 11.1 Å². The first-order chi connectivity index (χ1) is 8.00. The van der Waals surface area contributed by atoms with Crippen LogP contribution >= 0.6 is 15.9 Å². The Labute approximate surface area is 103 Å². The van der Waals surface area contributed by atoms with Crippen molar-refractivity contribution in [1.29, 1.82) is 0 Å². The van der Waals surface area contributed by atoms with Crippen molar-refractivity contribution in [3.63, 3.8) is 0 Å². The van der Waals surface area contributed by atoms with Gasteiger partial charge in [0.2, 0.25) is 5.76 Å². The summed E-state index contributed by atoms with van der Waals surface area (Å²) in [7, 11) is 0. The maximum atomic E-state index is 13.7. The van der Waals surface area contributed by atoms with E-state index in [1.54, 1.807) is 0 Å². The summed E-state index contributed by atoms with van der Waals surface area (Å²) in [5.74, 6) is -3.50. The molecule has 1 N–H and O–H groups in total. The molecule has 2 rings (SSSR count). The molecule has 0 aliphatic heterocycles. The van der Waals surface area contributed by atoms with Crippen molar-refractivity contribution in [3.05, 3.63) is 46.1 Å². The van der Waals surface area contributed by atoms with Gasteiger partial charge in [0.25, 0.3) is 0 Å². The summed E-state index contributed by atoms with van der Waals surface area (Å²) < 4.78 is 32.0. The lowest BCUT2D eigenvalue weighted by molar-refractivity contribution is 0.0663. The Morgan fingerprint density at radius 2 is 1.94 bits per heavy atom. The van der Waals surface area contributed by atoms with Crippen LogP contribution in [0.2, 0.25) is 0 Å². The minimum absolute atomic E-state index is 0.0715. The minimum Gasteiger partial charge on any atom is -0.475 e. The average molecular weight is 303 g/mol. The fraction of sp³-hybridized carbons (Fsp3) is 0. The van der Waals surface area contributed by atoms with Crippen molar-refractivity contribution >= 4 is 21.9 Å². The lowest BCUT2D eigenvalue weighted by Crippen LogP contribution is -1.93. The van der Waals surface area contributed by atoms with Crippen molar-refractivity contribution in [3.8, 4) is 11.3 Å². The molecule has 0 saturated heterocycles. The third-order valence-corrected chi connectivity index (χ3v) is 2.72. The highest BCUT2D eigenvalue weighted by molar-refractivity contribution is 9.10. The van der Waals surface area contributed by atoms with Crippen LogP contribution in [-0.2, 0) is 0 Å². The van der Waals surface area contributed by atoms with Crippen LogP contribution in [0.15, 0.2) is 33.2 Å².